The Balaban J connectivity index is 1.59. The van der Waals surface area contributed by atoms with E-state index in [4.69, 9.17) is 21.4 Å². The first-order chi connectivity index (χ1) is 17.0. The first kappa shape index (κ1) is 22.5. The van der Waals surface area contributed by atoms with Gasteiger partial charge < -0.3 is 19.4 Å². The van der Waals surface area contributed by atoms with Crippen molar-refractivity contribution in [2.75, 3.05) is 12.0 Å². The summed E-state index contributed by atoms with van der Waals surface area (Å²) in [6.45, 7) is 2.04. The number of aryl methyl sites for hydroxylation is 1. The molecule has 1 saturated heterocycles. The zero-order chi connectivity index (χ0) is 24.5. The average molecular weight is 487 g/mol. The minimum Gasteiger partial charge on any atom is -0.496 e. The van der Waals surface area contributed by atoms with Gasteiger partial charge in [-0.3, -0.25) is 15.1 Å². The number of ether oxygens (including phenoxy) is 1. The topological polar surface area (TPSA) is 93.7 Å². The fraction of sp³-hybridized carbons (Fsp3) is 0.154. The van der Waals surface area contributed by atoms with E-state index >= 15 is 0 Å². The molecular formula is C26H22N4O4S. The van der Waals surface area contributed by atoms with E-state index in [0.717, 1.165) is 16.9 Å². The van der Waals surface area contributed by atoms with Crippen LogP contribution in [0, 0.1) is 17.0 Å². The summed E-state index contributed by atoms with van der Waals surface area (Å²) in [5, 5.41) is 15.2. The van der Waals surface area contributed by atoms with Crippen LogP contribution < -0.4 is 15.0 Å². The predicted molar refractivity (Wildman–Crippen MR) is 136 cm³/mol. The number of benzene rings is 2. The highest BCUT2D eigenvalue weighted by Crippen LogP contribution is 2.44. The van der Waals surface area contributed by atoms with Crippen LogP contribution in [0.15, 0.2) is 83.4 Å². The van der Waals surface area contributed by atoms with Crippen LogP contribution in [-0.2, 0) is 0 Å². The summed E-state index contributed by atoms with van der Waals surface area (Å²) in [4.78, 5) is 17.3. The molecule has 2 aromatic heterocycles. The second-order valence-corrected chi connectivity index (χ2v) is 8.56. The number of anilines is 1. The molecule has 1 aliphatic rings. The highest BCUT2D eigenvalue weighted by Gasteiger charge is 2.42. The molecule has 0 amide bonds. The minimum atomic E-state index is -0.456. The van der Waals surface area contributed by atoms with Gasteiger partial charge >= 0.3 is 0 Å². The Bertz CT molecular complexity index is 1390. The third kappa shape index (κ3) is 4.22. The summed E-state index contributed by atoms with van der Waals surface area (Å²) in [6, 6.07) is 21.5. The van der Waals surface area contributed by atoms with Gasteiger partial charge in [-0.15, -0.1) is 0 Å². The molecule has 176 valence electrons. The number of hydrogen-bond donors (Lipinski definition) is 1. The van der Waals surface area contributed by atoms with Crippen LogP contribution in [-0.4, -0.2) is 22.1 Å². The van der Waals surface area contributed by atoms with E-state index in [-0.39, 0.29) is 17.8 Å². The van der Waals surface area contributed by atoms with Crippen molar-refractivity contribution >= 4 is 28.7 Å². The molecule has 2 aromatic carbocycles. The summed E-state index contributed by atoms with van der Waals surface area (Å²) in [6.07, 6.45) is 1.75. The van der Waals surface area contributed by atoms with Gasteiger partial charge in [0.2, 0.25) is 0 Å². The Labute approximate surface area is 207 Å². The van der Waals surface area contributed by atoms with Crippen LogP contribution in [0.5, 0.6) is 5.75 Å². The summed E-state index contributed by atoms with van der Waals surface area (Å²) in [7, 11) is 1.47. The van der Waals surface area contributed by atoms with Gasteiger partial charge in [0, 0.05) is 18.0 Å². The quantitative estimate of drug-likeness (QED) is 0.209. The third-order valence-corrected chi connectivity index (χ3v) is 6.30. The van der Waals surface area contributed by atoms with Crippen molar-refractivity contribution in [3.05, 3.63) is 106 Å². The Morgan fingerprint density at radius 3 is 2.60 bits per heavy atom. The highest BCUT2D eigenvalue weighted by molar-refractivity contribution is 7.80. The summed E-state index contributed by atoms with van der Waals surface area (Å²) in [5.74, 6) is 1.56. The lowest BCUT2D eigenvalue weighted by atomic mass is 10.0. The zero-order valence-corrected chi connectivity index (χ0v) is 19.9. The van der Waals surface area contributed by atoms with Gasteiger partial charge in [-0.05, 0) is 61.6 Å². The molecule has 2 atom stereocenters. The maximum Gasteiger partial charge on any atom is 0.273 e. The normalized spacial score (nSPS) is 17.3. The Hall–Kier alpha value is -4.24. The van der Waals surface area contributed by atoms with Crippen LogP contribution >= 0.6 is 12.2 Å². The molecule has 35 heavy (non-hydrogen) atoms. The number of pyridine rings is 1. The molecule has 0 spiro atoms. The van der Waals surface area contributed by atoms with Crippen molar-refractivity contribution in [1.82, 2.24) is 10.3 Å². The number of non-ortho nitro benzene ring substituents is 1. The van der Waals surface area contributed by atoms with E-state index in [1.165, 1.54) is 19.2 Å². The number of rotatable bonds is 6. The molecule has 0 radical (unpaired) electrons. The van der Waals surface area contributed by atoms with E-state index in [1.54, 1.807) is 12.3 Å². The molecule has 1 N–H and O–H groups in total. The van der Waals surface area contributed by atoms with Crippen molar-refractivity contribution in [3.63, 3.8) is 0 Å². The largest absolute Gasteiger partial charge is 0.496 e. The van der Waals surface area contributed by atoms with E-state index in [0.29, 0.717) is 27.9 Å². The molecule has 8 nitrogen and oxygen atoms in total. The van der Waals surface area contributed by atoms with Crippen molar-refractivity contribution in [2.45, 2.75) is 19.0 Å². The molecule has 1 fully saturated rings. The minimum absolute atomic E-state index is 0.0523. The first-order valence-corrected chi connectivity index (χ1v) is 11.4. The maximum atomic E-state index is 11.2. The number of nitro benzene ring substituents is 1. The van der Waals surface area contributed by atoms with Gasteiger partial charge in [-0.2, -0.15) is 0 Å². The standard InChI is InChI=1S/C26H22N4O4S/c1-16-6-8-17(9-7-16)29-25(24(28-26(29)35)20-5-3-4-14-27-20)22-13-12-21(34-22)19-11-10-18(30(31)32)15-23(19)33-2/h3-15,24-25H,1-2H3,(H,28,35)/t24-,25-/m0/s1. The number of aromatic nitrogens is 1. The number of hydrogen-bond acceptors (Lipinski definition) is 6. The van der Waals surface area contributed by atoms with E-state index in [9.17, 15) is 10.1 Å². The summed E-state index contributed by atoms with van der Waals surface area (Å²) >= 11 is 5.75. The van der Waals surface area contributed by atoms with Crippen molar-refractivity contribution in [1.29, 1.82) is 0 Å². The van der Waals surface area contributed by atoms with E-state index in [1.807, 2.05) is 66.4 Å². The third-order valence-electron chi connectivity index (χ3n) is 5.99. The number of thiocarbonyl (C=S) groups is 1. The van der Waals surface area contributed by atoms with Gasteiger partial charge in [-0.1, -0.05) is 23.8 Å². The fourth-order valence-electron chi connectivity index (χ4n) is 4.28. The second-order valence-electron chi connectivity index (χ2n) is 8.18. The monoisotopic (exact) mass is 486 g/mol. The molecule has 0 unspecified atom stereocenters. The zero-order valence-electron chi connectivity index (χ0n) is 19.0. The number of nitrogens with zero attached hydrogens (tertiary/aromatic N) is 3. The lowest BCUT2D eigenvalue weighted by Crippen LogP contribution is -2.29. The first-order valence-electron chi connectivity index (χ1n) is 11.0. The van der Waals surface area contributed by atoms with Gasteiger partial charge in [0.25, 0.3) is 5.69 Å². The molecule has 0 bridgehead atoms. The molecular weight excluding hydrogens is 464 g/mol. The number of methoxy groups -OCH3 is 1. The van der Waals surface area contributed by atoms with Crippen molar-refractivity contribution < 1.29 is 14.1 Å². The molecule has 1 aliphatic heterocycles. The van der Waals surface area contributed by atoms with Crippen LogP contribution in [0.4, 0.5) is 11.4 Å². The smallest absolute Gasteiger partial charge is 0.273 e. The average Bonchev–Trinajstić information content (AvgIpc) is 3.49. The molecule has 0 aliphatic carbocycles. The predicted octanol–water partition coefficient (Wildman–Crippen LogP) is 5.74. The SMILES string of the molecule is COc1cc([N+](=O)[O-])ccc1-c1ccc([C@H]2[C@H](c3ccccn3)NC(=S)N2c2ccc(C)cc2)o1. The molecule has 3 heterocycles. The van der Waals surface area contributed by atoms with Gasteiger partial charge in [0.05, 0.1) is 35.4 Å². The summed E-state index contributed by atoms with van der Waals surface area (Å²) in [5.41, 5.74) is 3.48. The number of nitrogens with one attached hydrogen (secondary N) is 1. The van der Waals surface area contributed by atoms with Crippen LogP contribution in [0.2, 0.25) is 0 Å². The van der Waals surface area contributed by atoms with Gasteiger partial charge in [0.15, 0.2) is 5.11 Å². The van der Waals surface area contributed by atoms with Crippen LogP contribution in [0.1, 0.15) is 29.1 Å². The van der Waals surface area contributed by atoms with E-state index < -0.39 is 4.92 Å². The lowest BCUT2D eigenvalue weighted by molar-refractivity contribution is -0.384. The Kier molecular flexibility index (Phi) is 5.92. The molecule has 4 aromatic rings. The van der Waals surface area contributed by atoms with E-state index in [2.05, 4.69) is 10.3 Å². The number of furan rings is 1. The number of nitro groups is 1. The van der Waals surface area contributed by atoms with Crippen molar-refractivity contribution in [3.8, 4) is 17.1 Å². The van der Waals surface area contributed by atoms with Crippen molar-refractivity contribution in [2.24, 2.45) is 0 Å². The Morgan fingerprint density at radius 2 is 1.91 bits per heavy atom. The van der Waals surface area contributed by atoms with Crippen LogP contribution in [0.25, 0.3) is 11.3 Å². The fourth-order valence-corrected chi connectivity index (χ4v) is 4.63. The lowest BCUT2D eigenvalue weighted by Gasteiger charge is -2.26. The molecule has 5 rings (SSSR count). The second kappa shape index (κ2) is 9.19. The summed E-state index contributed by atoms with van der Waals surface area (Å²) < 4.78 is 11.8. The maximum absolute atomic E-state index is 11.2. The van der Waals surface area contributed by atoms with Gasteiger partial charge in [-0.25, -0.2) is 0 Å². The molecule has 0 saturated carbocycles. The highest BCUT2D eigenvalue weighted by atomic mass is 32.1. The molecule has 9 heteroatoms. The van der Waals surface area contributed by atoms with Crippen LogP contribution in [0.3, 0.4) is 0 Å². The Morgan fingerprint density at radius 1 is 1.11 bits per heavy atom. The van der Waals surface area contributed by atoms with Gasteiger partial charge in [0.1, 0.15) is 23.3 Å².